The second-order valence-electron chi connectivity index (χ2n) is 4.10. The fourth-order valence-corrected chi connectivity index (χ4v) is 1.67. The zero-order valence-corrected chi connectivity index (χ0v) is 8.09. The maximum Gasteiger partial charge on any atom is 0.308 e. The van der Waals surface area contributed by atoms with Crippen molar-refractivity contribution in [1.29, 1.82) is 0 Å². The van der Waals surface area contributed by atoms with Crippen molar-refractivity contribution in [1.82, 2.24) is 0 Å². The summed E-state index contributed by atoms with van der Waals surface area (Å²) >= 11 is 0. The summed E-state index contributed by atoms with van der Waals surface area (Å²) in [6.07, 6.45) is 1.47. The van der Waals surface area contributed by atoms with Crippen LogP contribution >= 0.6 is 0 Å². The standard InChI is InChI=1S/C10H9F2NO2/c1-10(2-3-10)7-4-6(11)5-8(12)9(7)13(14)15/h4-5H,2-3H2,1H3. The van der Waals surface area contributed by atoms with E-state index in [1.165, 1.54) is 0 Å². The molecule has 5 heteroatoms. The third kappa shape index (κ3) is 1.58. The molecule has 1 aliphatic rings. The average Bonchev–Trinajstić information content (AvgIpc) is 2.82. The number of nitro benzene ring substituents is 1. The fourth-order valence-electron chi connectivity index (χ4n) is 1.67. The summed E-state index contributed by atoms with van der Waals surface area (Å²) in [5, 5.41) is 10.7. The SMILES string of the molecule is CC1(c2cc(F)cc(F)c2[N+](=O)[O-])CC1. The Morgan fingerprint density at radius 2 is 2.00 bits per heavy atom. The number of nitrogens with zero attached hydrogens (tertiary/aromatic N) is 1. The molecule has 0 amide bonds. The van der Waals surface area contributed by atoms with Gasteiger partial charge >= 0.3 is 5.69 Å². The molecule has 0 aromatic heterocycles. The number of halogens is 2. The van der Waals surface area contributed by atoms with Gasteiger partial charge in [0.2, 0.25) is 5.82 Å². The first kappa shape index (κ1) is 10.0. The molecule has 3 nitrogen and oxygen atoms in total. The van der Waals surface area contributed by atoms with Gasteiger partial charge in [-0.15, -0.1) is 0 Å². The van der Waals surface area contributed by atoms with Gasteiger partial charge in [0.15, 0.2) is 0 Å². The third-order valence-corrected chi connectivity index (χ3v) is 2.86. The molecule has 1 aliphatic carbocycles. The lowest BCUT2D eigenvalue weighted by Gasteiger charge is -2.09. The van der Waals surface area contributed by atoms with E-state index in [1.54, 1.807) is 6.92 Å². The molecule has 1 aromatic rings. The van der Waals surface area contributed by atoms with Gasteiger partial charge < -0.3 is 0 Å². The highest BCUT2D eigenvalue weighted by Gasteiger charge is 2.45. The summed E-state index contributed by atoms with van der Waals surface area (Å²) in [5.41, 5.74) is -0.841. The molecule has 1 saturated carbocycles. The van der Waals surface area contributed by atoms with Crippen LogP contribution in [0.1, 0.15) is 25.3 Å². The molecular formula is C10H9F2NO2. The van der Waals surface area contributed by atoms with Gasteiger partial charge in [-0.2, -0.15) is 4.39 Å². The van der Waals surface area contributed by atoms with Gasteiger partial charge in [-0.1, -0.05) is 6.92 Å². The smallest absolute Gasteiger partial charge is 0.258 e. The van der Waals surface area contributed by atoms with Crippen molar-refractivity contribution in [3.63, 3.8) is 0 Å². The van der Waals surface area contributed by atoms with Crippen molar-refractivity contribution < 1.29 is 13.7 Å². The topological polar surface area (TPSA) is 43.1 Å². The van der Waals surface area contributed by atoms with E-state index in [1.807, 2.05) is 0 Å². The molecule has 0 unspecified atom stereocenters. The van der Waals surface area contributed by atoms with Crippen LogP contribution in [0.15, 0.2) is 12.1 Å². The minimum Gasteiger partial charge on any atom is -0.258 e. The highest BCUT2D eigenvalue weighted by Crippen LogP contribution is 2.51. The van der Waals surface area contributed by atoms with Gasteiger partial charge in [0.05, 0.1) is 4.92 Å². The monoisotopic (exact) mass is 213 g/mol. The zero-order valence-electron chi connectivity index (χ0n) is 8.09. The molecule has 1 aromatic carbocycles. The number of benzene rings is 1. The van der Waals surface area contributed by atoms with Crippen molar-refractivity contribution in [2.75, 3.05) is 0 Å². The van der Waals surface area contributed by atoms with Crippen LogP contribution in [0, 0.1) is 21.7 Å². The van der Waals surface area contributed by atoms with Crippen LogP contribution in [-0.2, 0) is 5.41 Å². The lowest BCUT2D eigenvalue weighted by Crippen LogP contribution is -2.07. The van der Waals surface area contributed by atoms with Crippen LogP contribution in [0.2, 0.25) is 0 Å². The largest absolute Gasteiger partial charge is 0.308 e. The van der Waals surface area contributed by atoms with Crippen LogP contribution in [-0.4, -0.2) is 4.92 Å². The molecule has 1 fully saturated rings. The number of rotatable bonds is 2. The zero-order chi connectivity index (χ0) is 11.2. The van der Waals surface area contributed by atoms with Crippen LogP contribution in [0.25, 0.3) is 0 Å². The number of hydrogen-bond acceptors (Lipinski definition) is 2. The van der Waals surface area contributed by atoms with Crippen LogP contribution in [0.3, 0.4) is 0 Å². The molecule has 2 rings (SSSR count). The van der Waals surface area contributed by atoms with E-state index in [0.717, 1.165) is 18.9 Å². The first-order valence-electron chi connectivity index (χ1n) is 4.58. The van der Waals surface area contributed by atoms with Crippen LogP contribution < -0.4 is 0 Å². The van der Waals surface area contributed by atoms with Crippen LogP contribution in [0.4, 0.5) is 14.5 Å². The summed E-state index contributed by atoms with van der Waals surface area (Å²) in [6, 6.07) is 1.61. The molecule has 15 heavy (non-hydrogen) atoms. The highest BCUT2D eigenvalue weighted by molar-refractivity contribution is 5.49. The molecule has 0 heterocycles. The minimum absolute atomic E-state index is 0.171. The molecule has 0 saturated heterocycles. The summed E-state index contributed by atoms with van der Waals surface area (Å²) in [6.45, 7) is 1.77. The molecular weight excluding hydrogens is 204 g/mol. The Balaban J connectivity index is 2.65. The molecule has 80 valence electrons. The highest BCUT2D eigenvalue weighted by atomic mass is 19.1. The van der Waals surface area contributed by atoms with E-state index in [2.05, 4.69) is 0 Å². The maximum atomic E-state index is 13.2. The number of hydrogen-bond donors (Lipinski definition) is 0. The third-order valence-electron chi connectivity index (χ3n) is 2.86. The van der Waals surface area contributed by atoms with Gasteiger partial charge in [-0.05, 0) is 24.3 Å². The first-order valence-corrected chi connectivity index (χ1v) is 4.58. The predicted molar refractivity (Wildman–Crippen MR) is 49.6 cm³/mol. The Morgan fingerprint density at radius 3 is 2.47 bits per heavy atom. The first-order chi connectivity index (χ1) is 6.94. The lowest BCUT2D eigenvalue weighted by molar-refractivity contribution is -0.388. The summed E-state index contributed by atoms with van der Waals surface area (Å²) in [4.78, 5) is 9.89. The quantitative estimate of drug-likeness (QED) is 0.560. The predicted octanol–water partition coefficient (Wildman–Crippen LogP) is 2.92. The normalized spacial score (nSPS) is 17.5. The minimum atomic E-state index is -1.09. The lowest BCUT2D eigenvalue weighted by atomic mass is 9.96. The Morgan fingerprint density at radius 1 is 1.40 bits per heavy atom. The van der Waals surface area contributed by atoms with Gasteiger partial charge in [-0.3, -0.25) is 10.1 Å². The van der Waals surface area contributed by atoms with Crippen molar-refractivity contribution >= 4 is 5.69 Å². The molecule has 0 atom stereocenters. The maximum absolute atomic E-state index is 13.2. The average molecular weight is 213 g/mol. The van der Waals surface area contributed by atoms with E-state index in [-0.39, 0.29) is 5.56 Å². The molecule has 0 aliphatic heterocycles. The summed E-state index contributed by atoms with van der Waals surface area (Å²) in [7, 11) is 0. The molecule has 0 bridgehead atoms. The van der Waals surface area contributed by atoms with E-state index in [0.29, 0.717) is 6.07 Å². The van der Waals surface area contributed by atoms with Gasteiger partial charge in [-0.25, -0.2) is 4.39 Å². The molecule has 0 spiro atoms. The Labute approximate surface area is 84.9 Å². The molecule has 0 radical (unpaired) electrons. The van der Waals surface area contributed by atoms with Crippen molar-refractivity contribution in [2.24, 2.45) is 0 Å². The Kier molecular flexibility index (Phi) is 1.99. The van der Waals surface area contributed by atoms with Gasteiger partial charge in [0, 0.05) is 11.6 Å². The van der Waals surface area contributed by atoms with Crippen molar-refractivity contribution in [3.8, 4) is 0 Å². The van der Waals surface area contributed by atoms with E-state index >= 15 is 0 Å². The fraction of sp³-hybridized carbons (Fsp3) is 0.400. The van der Waals surface area contributed by atoms with E-state index in [9.17, 15) is 18.9 Å². The Hall–Kier alpha value is -1.52. The van der Waals surface area contributed by atoms with E-state index < -0.39 is 27.7 Å². The second kappa shape index (κ2) is 2.98. The van der Waals surface area contributed by atoms with Crippen LogP contribution in [0.5, 0.6) is 0 Å². The summed E-state index contributed by atoms with van der Waals surface area (Å²) in [5.74, 6) is -1.86. The van der Waals surface area contributed by atoms with Gasteiger partial charge in [0.25, 0.3) is 0 Å². The Bertz CT molecular complexity index is 441. The number of nitro groups is 1. The van der Waals surface area contributed by atoms with Gasteiger partial charge in [0.1, 0.15) is 5.82 Å². The van der Waals surface area contributed by atoms with Crippen molar-refractivity contribution in [3.05, 3.63) is 39.4 Å². The van der Waals surface area contributed by atoms with Crippen molar-refractivity contribution in [2.45, 2.75) is 25.2 Å². The van der Waals surface area contributed by atoms with E-state index in [4.69, 9.17) is 0 Å². The summed E-state index contributed by atoms with van der Waals surface area (Å²) < 4.78 is 26.2. The molecule has 0 N–H and O–H groups in total. The second-order valence-corrected chi connectivity index (χ2v) is 4.10.